The van der Waals surface area contributed by atoms with Gasteiger partial charge < -0.3 is 5.32 Å². The number of nitrogens with one attached hydrogen (secondary N) is 1. The van der Waals surface area contributed by atoms with Gasteiger partial charge in [0.1, 0.15) is 0 Å². The van der Waals surface area contributed by atoms with Crippen LogP contribution in [0.5, 0.6) is 0 Å². The van der Waals surface area contributed by atoms with E-state index < -0.39 is 10.0 Å². The average Bonchev–Trinajstić information content (AvgIpc) is 2.74. The van der Waals surface area contributed by atoms with E-state index in [4.69, 9.17) is 23.2 Å². The van der Waals surface area contributed by atoms with Crippen molar-refractivity contribution < 1.29 is 13.2 Å². The molecule has 0 radical (unpaired) electrons. The number of carbonyl (C=O) groups is 1. The monoisotopic (exact) mass is 476 g/mol. The zero-order chi connectivity index (χ0) is 22.6. The lowest BCUT2D eigenvalue weighted by molar-refractivity contribution is -0.121. The van der Waals surface area contributed by atoms with Crippen molar-refractivity contribution in [3.63, 3.8) is 0 Å². The SMILES string of the molecule is CC(NC(=O)Cc1ccc(N(C)S(=O)(=O)c2ccc(Cl)cc2)cc1)c1ccc(Cl)cc1. The van der Waals surface area contributed by atoms with Crippen LogP contribution in [0.2, 0.25) is 10.0 Å². The maximum Gasteiger partial charge on any atom is 0.264 e. The van der Waals surface area contributed by atoms with Crippen LogP contribution in [0.15, 0.2) is 77.7 Å². The molecule has 0 saturated carbocycles. The van der Waals surface area contributed by atoms with Crippen molar-refractivity contribution in [2.45, 2.75) is 24.3 Å². The Hall–Kier alpha value is -2.54. The Morgan fingerprint density at radius 1 is 0.903 bits per heavy atom. The van der Waals surface area contributed by atoms with E-state index in [1.165, 1.54) is 35.6 Å². The van der Waals surface area contributed by atoms with Crippen LogP contribution in [0, 0.1) is 0 Å². The summed E-state index contributed by atoms with van der Waals surface area (Å²) in [6, 6.07) is 20.0. The molecule has 1 unspecified atom stereocenters. The summed E-state index contributed by atoms with van der Waals surface area (Å²) in [4.78, 5) is 12.6. The molecule has 3 aromatic rings. The van der Waals surface area contributed by atoms with Gasteiger partial charge in [-0.2, -0.15) is 0 Å². The molecular weight excluding hydrogens is 455 g/mol. The Bertz CT molecular complexity index is 1150. The van der Waals surface area contributed by atoms with Crippen molar-refractivity contribution in [3.05, 3.63) is 94.0 Å². The molecule has 8 heteroatoms. The van der Waals surface area contributed by atoms with Crippen LogP contribution in [0.25, 0.3) is 0 Å². The predicted octanol–water partition coefficient (Wildman–Crippen LogP) is 5.24. The summed E-state index contributed by atoms with van der Waals surface area (Å²) in [5, 5.41) is 4.06. The first-order valence-electron chi connectivity index (χ1n) is 9.55. The van der Waals surface area contributed by atoms with Crippen LogP contribution in [0.4, 0.5) is 5.69 Å². The molecule has 5 nitrogen and oxygen atoms in total. The smallest absolute Gasteiger partial charge is 0.264 e. The molecule has 1 N–H and O–H groups in total. The summed E-state index contributed by atoms with van der Waals surface area (Å²) >= 11 is 11.7. The molecule has 0 aromatic heterocycles. The number of hydrogen-bond acceptors (Lipinski definition) is 3. The second-order valence-corrected chi connectivity index (χ2v) is 9.95. The highest BCUT2D eigenvalue weighted by Gasteiger charge is 2.21. The van der Waals surface area contributed by atoms with Gasteiger partial charge in [-0.05, 0) is 66.6 Å². The second-order valence-electron chi connectivity index (χ2n) is 7.11. The minimum absolute atomic E-state index is 0.127. The Morgan fingerprint density at radius 2 is 1.42 bits per heavy atom. The van der Waals surface area contributed by atoms with Crippen LogP contribution in [-0.2, 0) is 21.2 Å². The molecule has 0 saturated heterocycles. The molecule has 3 aromatic carbocycles. The molecule has 0 fully saturated rings. The van der Waals surface area contributed by atoms with Crippen molar-refractivity contribution in [2.75, 3.05) is 11.4 Å². The lowest BCUT2D eigenvalue weighted by Gasteiger charge is -2.20. The van der Waals surface area contributed by atoms with Crippen LogP contribution < -0.4 is 9.62 Å². The lowest BCUT2D eigenvalue weighted by Crippen LogP contribution is -2.28. The molecule has 0 heterocycles. The van der Waals surface area contributed by atoms with Gasteiger partial charge >= 0.3 is 0 Å². The molecule has 0 aliphatic carbocycles. The normalized spacial score (nSPS) is 12.3. The van der Waals surface area contributed by atoms with Gasteiger partial charge in [0.2, 0.25) is 5.91 Å². The fourth-order valence-electron chi connectivity index (χ4n) is 3.04. The Labute approximate surface area is 192 Å². The first-order valence-corrected chi connectivity index (χ1v) is 11.7. The minimum atomic E-state index is -3.71. The second kappa shape index (κ2) is 9.73. The summed E-state index contributed by atoms with van der Waals surface area (Å²) < 4.78 is 26.8. The highest BCUT2D eigenvalue weighted by molar-refractivity contribution is 7.92. The predicted molar refractivity (Wildman–Crippen MR) is 125 cm³/mol. The van der Waals surface area contributed by atoms with Gasteiger partial charge in [0.05, 0.1) is 23.0 Å². The van der Waals surface area contributed by atoms with E-state index in [0.717, 1.165) is 11.1 Å². The average molecular weight is 477 g/mol. The van der Waals surface area contributed by atoms with Crippen molar-refractivity contribution >= 4 is 44.8 Å². The number of anilines is 1. The van der Waals surface area contributed by atoms with Crippen LogP contribution in [0.3, 0.4) is 0 Å². The Balaban J connectivity index is 1.64. The zero-order valence-corrected chi connectivity index (χ0v) is 19.4. The topological polar surface area (TPSA) is 66.5 Å². The molecule has 1 atom stereocenters. The number of nitrogens with zero attached hydrogens (tertiary/aromatic N) is 1. The maximum absolute atomic E-state index is 12.8. The number of sulfonamides is 1. The lowest BCUT2D eigenvalue weighted by atomic mass is 10.1. The highest BCUT2D eigenvalue weighted by Crippen LogP contribution is 2.24. The van der Waals surface area contributed by atoms with Crippen LogP contribution in [0.1, 0.15) is 24.1 Å². The fourth-order valence-corrected chi connectivity index (χ4v) is 4.49. The van der Waals surface area contributed by atoms with E-state index in [2.05, 4.69) is 5.32 Å². The number of benzene rings is 3. The van der Waals surface area contributed by atoms with Crippen molar-refractivity contribution in [1.29, 1.82) is 0 Å². The molecule has 3 rings (SSSR count). The quantitative estimate of drug-likeness (QED) is 0.506. The number of amides is 1. The van der Waals surface area contributed by atoms with Gasteiger partial charge in [0, 0.05) is 17.1 Å². The third-order valence-corrected chi connectivity index (χ3v) is 7.19. The van der Waals surface area contributed by atoms with E-state index >= 15 is 0 Å². The third-order valence-electron chi connectivity index (χ3n) is 4.88. The van der Waals surface area contributed by atoms with E-state index in [-0.39, 0.29) is 23.3 Å². The summed E-state index contributed by atoms with van der Waals surface area (Å²) in [6.45, 7) is 1.90. The Morgan fingerprint density at radius 3 is 1.97 bits per heavy atom. The number of carbonyl (C=O) groups excluding carboxylic acids is 1. The first-order chi connectivity index (χ1) is 14.7. The van der Waals surface area contributed by atoms with Gasteiger partial charge in [-0.15, -0.1) is 0 Å². The minimum Gasteiger partial charge on any atom is -0.349 e. The number of hydrogen-bond donors (Lipinski definition) is 1. The molecular formula is C23H22Cl2N2O3S. The van der Waals surface area contributed by atoms with E-state index in [0.29, 0.717) is 15.7 Å². The first kappa shape index (κ1) is 23.1. The van der Waals surface area contributed by atoms with Crippen molar-refractivity contribution in [2.24, 2.45) is 0 Å². The van der Waals surface area contributed by atoms with Gasteiger partial charge in [-0.1, -0.05) is 47.5 Å². The molecule has 162 valence electrons. The Kier molecular flexibility index (Phi) is 7.26. The highest BCUT2D eigenvalue weighted by atomic mass is 35.5. The third kappa shape index (κ3) is 5.79. The molecule has 1 amide bonds. The molecule has 31 heavy (non-hydrogen) atoms. The van der Waals surface area contributed by atoms with E-state index in [1.54, 1.807) is 36.4 Å². The molecule has 0 bridgehead atoms. The maximum atomic E-state index is 12.8. The summed E-state index contributed by atoms with van der Waals surface area (Å²) in [7, 11) is -2.22. The van der Waals surface area contributed by atoms with E-state index in [9.17, 15) is 13.2 Å². The summed E-state index contributed by atoms with van der Waals surface area (Å²) in [5.74, 6) is -0.127. The zero-order valence-electron chi connectivity index (χ0n) is 17.0. The fraction of sp³-hybridized carbons (Fsp3) is 0.174. The molecule has 0 aliphatic rings. The van der Waals surface area contributed by atoms with E-state index in [1.807, 2.05) is 19.1 Å². The van der Waals surface area contributed by atoms with Gasteiger partial charge in [-0.25, -0.2) is 8.42 Å². The number of rotatable bonds is 7. The van der Waals surface area contributed by atoms with Gasteiger partial charge in [0.25, 0.3) is 10.0 Å². The standard InChI is InChI=1S/C23H22Cl2N2O3S/c1-16(18-5-7-19(24)8-6-18)26-23(28)15-17-3-11-21(12-4-17)27(2)31(29,30)22-13-9-20(25)10-14-22/h3-14,16H,15H2,1-2H3,(H,26,28). The van der Waals surface area contributed by atoms with Crippen molar-refractivity contribution in [1.82, 2.24) is 5.32 Å². The summed E-state index contributed by atoms with van der Waals surface area (Å²) in [6.07, 6.45) is 0.186. The van der Waals surface area contributed by atoms with Gasteiger partial charge in [0.15, 0.2) is 0 Å². The summed E-state index contributed by atoms with van der Waals surface area (Å²) in [5.41, 5.74) is 2.23. The number of halogens is 2. The van der Waals surface area contributed by atoms with Crippen LogP contribution >= 0.6 is 23.2 Å². The largest absolute Gasteiger partial charge is 0.349 e. The molecule has 0 spiro atoms. The molecule has 0 aliphatic heterocycles. The van der Waals surface area contributed by atoms with Crippen molar-refractivity contribution in [3.8, 4) is 0 Å². The van der Waals surface area contributed by atoms with Crippen LogP contribution in [-0.4, -0.2) is 21.4 Å². The van der Waals surface area contributed by atoms with Gasteiger partial charge in [-0.3, -0.25) is 9.10 Å².